The lowest BCUT2D eigenvalue weighted by atomic mass is 10.0. The highest BCUT2D eigenvalue weighted by molar-refractivity contribution is 5.96. The number of fused-ring (bicyclic) bond motifs is 1. The molecule has 0 fully saturated rings. The van der Waals surface area contributed by atoms with Crippen molar-refractivity contribution in [3.05, 3.63) is 53.5 Å². The molecule has 5 nitrogen and oxygen atoms in total. The lowest BCUT2D eigenvalue weighted by Crippen LogP contribution is -2.29. The minimum Gasteiger partial charge on any atom is -0.493 e. The van der Waals surface area contributed by atoms with Crippen LogP contribution in [0.2, 0.25) is 0 Å². The normalized spacial score (nSPS) is 16.7. The van der Waals surface area contributed by atoms with E-state index in [4.69, 9.17) is 9.47 Å². The average molecular weight is 316 g/mol. The number of nitrogens with zero attached hydrogens (tertiary/aromatic N) is 1. The maximum atomic E-state index is 13.6. The van der Waals surface area contributed by atoms with Gasteiger partial charge >= 0.3 is 0 Å². The zero-order chi connectivity index (χ0) is 16.2. The van der Waals surface area contributed by atoms with Gasteiger partial charge in [-0.25, -0.2) is 9.37 Å². The van der Waals surface area contributed by atoms with Crippen LogP contribution in [0.3, 0.4) is 0 Å². The molecule has 0 aliphatic carbocycles. The van der Waals surface area contributed by atoms with Crippen LogP contribution in [-0.2, 0) is 0 Å². The number of rotatable bonds is 3. The number of ether oxygens (including phenoxy) is 2. The Morgan fingerprint density at radius 3 is 3.13 bits per heavy atom. The van der Waals surface area contributed by atoms with E-state index >= 15 is 0 Å². The number of aromatic nitrogens is 1. The minimum absolute atomic E-state index is 0.259. The van der Waals surface area contributed by atoms with Gasteiger partial charge in [0.1, 0.15) is 17.1 Å². The summed E-state index contributed by atoms with van der Waals surface area (Å²) >= 11 is 0. The SMILES string of the molecule is COc1ncccc1C(=O)N[C@H]1CCCOc2ccc(F)cc21. The monoisotopic (exact) mass is 316 g/mol. The van der Waals surface area contributed by atoms with Gasteiger partial charge in [0.2, 0.25) is 5.88 Å². The Balaban J connectivity index is 1.88. The Hall–Kier alpha value is -2.63. The van der Waals surface area contributed by atoms with E-state index < -0.39 is 0 Å². The fourth-order valence-corrected chi connectivity index (χ4v) is 2.66. The molecule has 0 radical (unpaired) electrons. The Morgan fingerprint density at radius 1 is 1.43 bits per heavy atom. The number of benzene rings is 1. The third-order valence-electron chi connectivity index (χ3n) is 3.76. The van der Waals surface area contributed by atoms with E-state index in [1.54, 1.807) is 24.4 Å². The molecule has 0 saturated carbocycles. The molecule has 1 amide bonds. The first-order chi connectivity index (χ1) is 11.2. The molecule has 1 aromatic heterocycles. The van der Waals surface area contributed by atoms with Crippen molar-refractivity contribution in [2.45, 2.75) is 18.9 Å². The Morgan fingerprint density at radius 2 is 2.30 bits per heavy atom. The number of hydrogen-bond donors (Lipinski definition) is 1. The lowest BCUT2D eigenvalue weighted by Gasteiger charge is -2.19. The zero-order valence-corrected chi connectivity index (χ0v) is 12.7. The number of hydrogen-bond acceptors (Lipinski definition) is 4. The second-order valence-electron chi connectivity index (χ2n) is 5.26. The van der Waals surface area contributed by atoms with Gasteiger partial charge in [-0.2, -0.15) is 0 Å². The molecule has 2 aromatic rings. The summed E-state index contributed by atoms with van der Waals surface area (Å²) in [5.41, 5.74) is 0.997. The van der Waals surface area contributed by atoms with Crippen molar-refractivity contribution in [3.63, 3.8) is 0 Å². The average Bonchev–Trinajstić information content (AvgIpc) is 2.77. The number of methoxy groups -OCH3 is 1. The van der Waals surface area contributed by atoms with Crippen LogP contribution in [0.5, 0.6) is 11.6 Å². The number of carbonyl (C=O) groups excluding carboxylic acids is 1. The van der Waals surface area contributed by atoms with Gasteiger partial charge in [-0.15, -0.1) is 0 Å². The molecule has 0 spiro atoms. The van der Waals surface area contributed by atoms with Crippen LogP contribution in [0, 0.1) is 5.82 Å². The van der Waals surface area contributed by atoms with Crippen molar-refractivity contribution in [1.29, 1.82) is 0 Å². The predicted molar refractivity (Wildman–Crippen MR) is 82.1 cm³/mol. The van der Waals surface area contributed by atoms with E-state index in [0.29, 0.717) is 29.9 Å². The van der Waals surface area contributed by atoms with Gasteiger partial charge in [-0.05, 0) is 43.2 Å². The Bertz CT molecular complexity index is 721. The zero-order valence-electron chi connectivity index (χ0n) is 12.7. The van der Waals surface area contributed by atoms with E-state index in [-0.39, 0.29) is 23.6 Å². The van der Waals surface area contributed by atoms with Crippen LogP contribution < -0.4 is 14.8 Å². The summed E-state index contributed by atoms with van der Waals surface area (Å²) in [6.45, 7) is 0.543. The van der Waals surface area contributed by atoms with Gasteiger partial charge in [-0.3, -0.25) is 4.79 Å². The van der Waals surface area contributed by atoms with Crippen LogP contribution in [-0.4, -0.2) is 24.6 Å². The van der Waals surface area contributed by atoms with Gasteiger partial charge < -0.3 is 14.8 Å². The standard InChI is InChI=1S/C17H17FN2O3/c1-22-17-12(4-2-8-19-17)16(21)20-14-5-3-9-23-15-7-6-11(18)10-13(14)15/h2,4,6-8,10,14H,3,5,9H2,1H3,(H,20,21)/t14-/m0/s1. The second kappa shape index (κ2) is 6.64. The summed E-state index contributed by atoms with van der Waals surface area (Å²) in [6.07, 6.45) is 3.00. The summed E-state index contributed by atoms with van der Waals surface area (Å²) in [4.78, 5) is 16.6. The van der Waals surface area contributed by atoms with Crippen LogP contribution in [0.1, 0.15) is 34.8 Å². The van der Waals surface area contributed by atoms with E-state index in [9.17, 15) is 9.18 Å². The first kappa shape index (κ1) is 15.3. The van der Waals surface area contributed by atoms with Crippen molar-refractivity contribution in [2.75, 3.05) is 13.7 Å². The molecule has 1 aliphatic rings. The van der Waals surface area contributed by atoms with Gasteiger partial charge in [0.25, 0.3) is 5.91 Å². The lowest BCUT2D eigenvalue weighted by molar-refractivity contribution is 0.0930. The van der Waals surface area contributed by atoms with Crippen LogP contribution in [0.25, 0.3) is 0 Å². The number of nitrogens with one attached hydrogen (secondary N) is 1. The highest BCUT2D eigenvalue weighted by Crippen LogP contribution is 2.32. The Labute approximate surface area is 133 Å². The molecule has 1 atom stereocenters. The van der Waals surface area contributed by atoms with Crippen LogP contribution in [0.4, 0.5) is 4.39 Å². The molecule has 0 saturated heterocycles. The number of pyridine rings is 1. The molecule has 1 aliphatic heterocycles. The maximum absolute atomic E-state index is 13.6. The summed E-state index contributed by atoms with van der Waals surface area (Å²) < 4.78 is 24.3. The molecule has 1 aromatic carbocycles. The molecule has 2 heterocycles. The smallest absolute Gasteiger partial charge is 0.257 e. The summed E-state index contributed by atoms with van der Waals surface area (Å²) in [5, 5.41) is 2.93. The number of halogens is 1. The van der Waals surface area contributed by atoms with Crippen molar-refractivity contribution in [2.24, 2.45) is 0 Å². The van der Waals surface area contributed by atoms with E-state index in [0.717, 1.165) is 6.42 Å². The number of amides is 1. The molecule has 0 bridgehead atoms. The van der Waals surface area contributed by atoms with Crippen molar-refractivity contribution < 1.29 is 18.7 Å². The third kappa shape index (κ3) is 3.26. The van der Waals surface area contributed by atoms with Crippen LogP contribution in [0.15, 0.2) is 36.5 Å². The van der Waals surface area contributed by atoms with E-state index in [1.165, 1.54) is 19.2 Å². The van der Waals surface area contributed by atoms with Crippen molar-refractivity contribution in [3.8, 4) is 11.6 Å². The Kier molecular flexibility index (Phi) is 4.41. The van der Waals surface area contributed by atoms with Gasteiger partial charge in [0.15, 0.2) is 0 Å². The fourth-order valence-electron chi connectivity index (χ4n) is 2.66. The topological polar surface area (TPSA) is 60.5 Å². The van der Waals surface area contributed by atoms with E-state index in [1.807, 2.05) is 0 Å². The first-order valence-corrected chi connectivity index (χ1v) is 7.41. The predicted octanol–water partition coefficient (Wildman–Crippen LogP) is 2.87. The molecule has 1 N–H and O–H groups in total. The van der Waals surface area contributed by atoms with Crippen molar-refractivity contribution >= 4 is 5.91 Å². The highest BCUT2D eigenvalue weighted by Gasteiger charge is 2.24. The number of carbonyl (C=O) groups is 1. The van der Waals surface area contributed by atoms with Crippen LogP contribution >= 0.6 is 0 Å². The van der Waals surface area contributed by atoms with Gasteiger partial charge in [0, 0.05) is 11.8 Å². The third-order valence-corrected chi connectivity index (χ3v) is 3.76. The highest BCUT2D eigenvalue weighted by atomic mass is 19.1. The van der Waals surface area contributed by atoms with Gasteiger partial charge in [-0.1, -0.05) is 0 Å². The molecule has 23 heavy (non-hydrogen) atoms. The summed E-state index contributed by atoms with van der Waals surface area (Å²) in [7, 11) is 1.46. The maximum Gasteiger partial charge on any atom is 0.257 e. The molecule has 6 heteroatoms. The molecule has 120 valence electrons. The second-order valence-corrected chi connectivity index (χ2v) is 5.26. The largest absolute Gasteiger partial charge is 0.493 e. The minimum atomic E-state index is -0.354. The molecule has 0 unspecified atom stereocenters. The fraction of sp³-hybridized carbons (Fsp3) is 0.294. The summed E-state index contributed by atoms with van der Waals surface area (Å²) in [6, 6.07) is 7.35. The molecular weight excluding hydrogens is 299 g/mol. The first-order valence-electron chi connectivity index (χ1n) is 7.41. The van der Waals surface area contributed by atoms with Gasteiger partial charge in [0.05, 0.1) is 19.8 Å². The molecular formula is C17H17FN2O3. The quantitative estimate of drug-likeness (QED) is 0.946. The van der Waals surface area contributed by atoms with E-state index in [2.05, 4.69) is 10.3 Å². The summed E-state index contributed by atoms with van der Waals surface area (Å²) in [5.74, 6) is 0.200. The van der Waals surface area contributed by atoms with Crippen molar-refractivity contribution in [1.82, 2.24) is 10.3 Å². The molecule has 3 rings (SSSR count).